The van der Waals surface area contributed by atoms with Gasteiger partial charge in [0.2, 0.25) is 0 Å². The number of allylic oxidation sites excluding steroid dienone is 1. The summed E-state index contributed by atoms with van der Waals surface area (Å²) in [4.78, 5) is 31.5. The van der Waals surface area contributed by atoms with Crippen LogP contribution in [0.2, 0.25) is 0 Å². The molecule has 0 radical (unpaired) electrons. The summed E-state index contributed by atoms with van der Waals surface area (Å²) in [6.07, 6.45) is 3.31. The van der Waals surface area contributed by atoms with Crippen molar-refractivity contribution < 1.29 is 23.8 Å². The minimum atomic E-state index is -1.04. The molecule has 0 amide bonds. The molecule has 9 heteroatoms. The van der Waals surface area contributed by atoms with Crippen molar-refractivity contribution in [3.8, 4) is 22.8 Å². The second-order valence-electron chi connectivity index (χ2n) is 10.3. The maximum absolute atomic E-state index is 14.1. The number of aryl methyl sites for hydroxylation is 1. The Bertz CT molecular complexity index is 2130. The first-order valence-corrected chi connectivity index (χ1v) is 14.6. The molecule has 0 unspecified atom stereocenters. The molecule has 3 aromatic carbocycles. The number of furan rings is 1. The van der Waals surface area contributed by atoms with E-state index in [0.717, 1.165) is 35.2 Å². The Morgan fingerprint density at radius 3 is 2.53 bits per heavy atom. The molecule has 7 rings (SSSR count). The van der Waals surface area contributed by atoms with Gasteiger partial charge in [-0.15, -0.1) is 0 Å². The number of benzene rings is 3. The van der Waals surface area contributed by atoms with Crippen LogP contribution in [0.25, 0.3) is 23.1 Å². The number of fused-ring (bicyclic) bond motifs is 3. The number of nitrogens with zero attached hydrogens (tertiary/aromatic N) is 2. The zero-order chi connectivity index (χ0) is 29.7. The Balaban J connectivity index is 1.40. The summed E-state index contributed by atoms with van der Waals surface area (Å²) in [5.74, 6) is 1.01. The van der Waals surface area contributed by atoms with Crippen LogP contribution in [0.4, 0.5) is 0 Å². The minimum Gasteiger partial charge on any atom is -0.493 e. The molecular formula is C34H26N2O6S. The van der Waals surface area contributed by atoms with Gasteiger partial charge in [-0.1, -0.05) is 59.9 Å². The number of aromatic nitrogens is 1. The number of carbonyl (C=O) groups is 1. The summed E-state index contributed by atoms with van der Waals surface area (Å²) < 4.78 is 19.3. The molecule has 3 heterocycles. The summed E-state index contributed by atoms with van der Waals surface area (Å²) >= 11 is 1.30. The smallest absolute Gasteiger partial charge is 0.336 e. The quantitative estimate of drug-likeness (QED) is 0.288. The molecule has 0 saturated heterocycles. The molecule has 8 nitrogen and oxygen atoms in total. The third-order valence-corrected chi connectivity index (χ3v) is 8.90. The lowest BCUT2D eigenvalue weighted by Gasteiger charge is -2.31. The van der Waals surface area contributed by atoms with Gasteiger partial charge in [-0.3, -0.25) is 9.36 Å². The second kappa shape index (κ2) is 10.6. The highest BCUT2D eigenvalue weighted by Gasteiger charge is 2.33. The number of carboxylic acid groups (broad SMARTS) is 1. The van der Waals surface area contributed by atoms with Gasteiger partial charge in [0.15, 0.2) is 16.3 Å². The van der Waals surface area contributed by atoms with Gasteiger partial charge < -0.3 is 19.0 Å². The number of ether oxygens (including phenoxy) is 2. The van der Waals surface area contributed by atoms with Crippen molar-refractivity contribution in [2.45, 2.75) is 18.9 Å². The minimum absolute atomic E-state index is 0.142. The first-order chi connectivity index (χ1) is 21.0. The first kappa shape index (κ1) is 26.7. The van der Waals surface area contributed by atoms with Gasteiger partial charge in [-0.25, -0.2) is 9.79 Å². The van der Waals surface area contributed by atoms with E-state index in [9.17, 15) is 14.7 Å². The molecule has 1 aliphatic heterocycles. The zero-order valence-corrected chi connectivity index (χ0v) is 24.2. The number of methoxy groups -OCH3 is 2. The Labute approximate surface area is 250 Å². The maximum Gasteiger partial charge on any atom is 0.336 e. The van der Waals surface area contributed by atoms with Crippen molar-refractivity contribution >= 4 is 29.1 Å². The van der Waals surface area contributed by atoms with Crippen LogP contribution in [0.1, 0.15) is 45.3 Å². The van der Waals surface area contributed by atoms with Gasteiger partial charge >= 0.3 is 5.97 Å². The molecule has 0 saturated carbocycles. The standard InChI is InChI=1S/C34H26N2O6S/c1-40-27-15-12-20(17-28(27)41-2)31-25-14-11-19-7-3-4-8-22(19)30(25)35-34-36(31)32(37)29(43-34)18-21-13-16-26(42-21)23-9-5-6-10-24(23)33(38)39/h3-10,12-13,15-18,31H,11,14H2,1-2H3,(H,38,39)/b29-18+/t31-/m1/s1. The lowest BCUT2D eigenvalue weighted by atomic mass is 9.83. The predicted molar refractivity (Wildman–Crippen MR) is 163 cm³/mol. The van der Waals surface area contributed by atoms with Crippen LogP contribution in [0.3, 0.4) is 0 Å². The Morgan fingerprint density at radius 2 is 1.74 bits per heavy atom. The lowest BCUT2D eigenvalue weighted by molar-refractivity contribution is 0.0697. The molecule has 214 valence electrons. The molecular weight excluding hydrogens is 564 g/mol. The topological polar surface area (TPSA) is 103 Å². The number of carboxylic acids is 1. The van der Waals surface area contributed by atoms with Gasteiger partial charge in [0, 0.05) is 17.2 Å². The normalized spacial score (nSPS) is 15.8. The fourth-order valence-electron chi connectivity index (χ4n) is 5.93. The largest absolute Gasteiger partial charge is 0.493 e. The number of aromatic carboxylic acids is 1. The molecule has 5 aromatic rings. The maximum atomic E-state index is 14.1. The van der Waals surface area contributed by atoms with E-state index in [1.54, 1.807) is 55.2 Å². The van der Waals surface area contributed by atoms with Crippen LogP contribution < -0.4 is 24.4 Å². The third-order valence-electron chi connectivity index (χ3n) is 7.92. The van der Waals surface area contributed by atoms with Gasteiger partial charge in [0.1, 0.15) is 11.5 Å². The number of rotatable bonds is 6. The van der Waals surface area contributed by atoms with Crippen LogP contribution in [-0.4, -0.2) is 29.9 Å². The third kappa shape index (κ3) is 4.49. The monoisotopic (exact) mass is 590 g/mol. The summed E-state index contributed by atoms with van der Waals surface area (Å²) in [7, 11) is 3.20. The van der Waals surface area contributed by atoms with Crippen molar-refractivity contribution in [1.82, 2.24) is 4.57 Å². The molecule has 0 spiro atoms. The Hall–Kier alpha value is -5.15. The highest BCUT2D eigenvalue weighted by molar-refractivity contribution is 7.07. The van der Waals surface area contributed by atoms with Crippen molar-refractivity contribution in [1.29, 1.82) is 0 Å². The second-order valence-corrected chi connectivity index (χ2v) is 11.3. The SMILES string of the molecule is COc1ccc([C@@H]2C3=C(N=c4s/c(=C/c5ccc(-c6ccccc6C(=O)O)o5)c(=O)n42)c2ccccc2CC3)cc1OC. The van der Waals surface area contributed by atoms with E-state index in [1.807, 2.05) is 30.3 Å². The van der Waals surface area contributed by atoms with Gasteiger partial charge in [0.25, 0.3) is 5.56 Å². The molecule has 2 aliphatic rings. The molecule has 1 atom stereocenters. The van der Waals surface area contributed by atoms with Crippen molar-refractivity contribution in [2.75, 3.05) is 14.2 Å². The highest BCUT2D eigenvalue weighted by Crippen LogP contribution is 2.42. The summed E-state index contributed by atoms with van der Waals surface area (Å²) in [5, 5.41) is 9.61. The zero-order valence-electron chi connectivity index (χ0n) is 23.4. The first-order valence-electron chi connectivity index (χ1n) is 13.7. The molecule has 1 aliphatic carbocycles. The summed E-state index contributed by atoms with van der Waals surface area (Å²) in [5.41, 5.74) is 5.63. The van der Waals surface area contributed by atoms with Crippen LogP contribution in [-0.2, 0) is 6.42 Å². The predicted octanol–water partition coefficient (Wildman–Crippen LogP) is 5.29. The van der Waals surface area contributed by atoms with Crippen molar-refractivity contribution in [2.24, 2.45) is 4.99 Å². The Morgan fingerprint density at radius 1 is 0.977 bits per heavy atom. The molecule has 2 aromatic heterocycles. The van der Waals surface area contributed by atoms with E-state index < -0.39 is 5.97 Å². The van der Waals surface area contributed by atoms with E-state index in [0.29, 0.717) is 37.9 Å². The van der Waals surface area contributed by atoms with E-state index in [-0.39, 0.29) is 17.2 Å². The number of hydrogen-bond donors (Lipinski definition) is 1. The fourth-order valence-corrected chi connectivity index (χ4v) is 6.92. The lowest BCUT2D eigenvalue weighted by Crippen LogP contribution is -2.38. The molecule has 1 N–H and O–H groups in total. The average molecular weight is 591 g/mol. The Kier molecular flexibility index (Phi) is 6.59. The van der Waals surface area contributed by atoms with E-state index in [2.05, 4.69) is 12.1 Å². The van der Waals surface area contributed by atoms with Crippen LogP contribution in [0, 0.1) is 0 Å². The van der Waals surface area contributed by atoms with Gasteiger partial charge in [0.05, 0.1) is 36.1 Å². The summed E-state index contributed by atoms with van der Waals surface area (Å²) in [6.45, 7) is 0. The molecule has 0 bridgehead atoms. The van der Waals surface area contributed by atoms with E-state index in [1.165, 1.54) is 23.0 Å². The molecule has 43 heavy (non-hydrogen) atoms. The summed E-state index contributed by atoms with van der Waals surface area (Å²) in [6, 6.07) is 23.8. The van der Waals surface area contributed by atoms with E-state index in [4.69, 9.17) is 18.9 Å². The van der Waals surface area contributed by atoms with Crippen LogP contribution >= 0.6 is 11.3 Å². The highest BCUT2D eigenvalue weighted by atomic mass is 32.1. The molecule has 0 fully saturated rings. The van der Waals surface area contributed by atoms with Crippen LogP contribution in [0.5, 0.6) is 11.5 Å². The average Bonchev–Trinajstić information content (AvgIpc) is 3.63. The van der Waals surface area contributed by atoms with E-state index >= 15 is 0 Å². The van der Waals surface area contributed by atoms with Gasteiger partial charge in [-0.2, -0.15) is 0 Å². The number of thiazole rings is 1. The number of hydrogen-bond acceptors (Lipinski definition) is 7. The van der Waals surface area contributed by atoms with Crippen LogP contribution in [0.15, 0.2) is 98.6 Å². The fraction of sp³-hybridized carbons (Fsp3) is 0.147. The van der Waals surface area contributed by atoms with Gasteiger partial charge in [-0.05, 0) is 59.9 Å². The van der Waals surface area contributed by atoms with Crippen molar-refractivity contribution in [3.05, 3.63) is 132 Å². The van der Waals surface area contributed by atoms with Crippen molar-refractivity contribution in [3.63, 3.8) is 0 Å².